The van der Waals surface area contributed by atoms with Gasteiger partial charge in [0.25, 0.3) is 0 Å². The van der Waals surface area contributed by atoms with E-state index in [2.05, 4.69) is 22.1 Å². The molecule has 0 aromatic carbocycles. The molecular formula is C13H18F3N3. The number of likely N-dealkylation sites (tertiary alicyclic amines) is 1. The van der Waals surface area contributed by atoms with E-state index in [0.29, 0.717) is 5.82 Å². The lowest BCUT2D eigenvalue weighted by molar-refractivity contribution is -0.141. The van der Waals surface area contributed by atoms with E-state index in [1.165, 1.54) is 6.07 Å². The molecule has 3 nitrogen and oxygen atoms in total. The minimum Gasteiger partial charge on any atom is -0.366 e. The van der Waals surface area contributed by atoms with Crippen molar-refractivity contribution < 1.29 is 13.2 Å². The molecule has 1 N–H and O–H groups in total. The van der Waals surface area contributed by atoms with Gasteiger partial charge in [0, 0.05) is 12.6 Å². The predicted molar refractivity (Wildman–Crippen MR) is 68.0 cm³/mol. The summed E-state index contributed by atoms with van der Waals surface area (Å²) >= 11 is 0. The van der Waals surface area contributed by atoms with Crippen molar-refractivity contribution in [2.45, 2.75) is 32.0 Å². The number of piperidine rings is 1. The predicted octanol–water partition coefficient (Wildman–Crippen LogP) is 3.00. The Hall–Kier alpha value is -1.30. The number of halogens is 3. The van der Waals surface area contributed by atoms with Crippen LogP contribution in [0.5, 0.6) is 0 Å². The van der Waals surface area contributed by atoms with E-state index in [4.69, 9.17) is 0 Å². The van der Waals surface area contributed by atoms with Gasteiger partial charge in [-0.05, 0) is 38.1 Å². The van der Waals surface area contributed by atoms with E-state index in [-0.39, 0.29) is 6.04 Å². The van der Waals surface area contributed by atoms with Crippen LogP contribution in [0, 0.1) is 0 Å². The highest BCUT2D eigenvalue weighted by Crippen LogP contribution is 2.28. The van der Waals surface area contributed by atoms with Crippen molar-refractivity contribution >= 4 is 5.82 Å². The molecule has 0 bridgehead atoms. The van der Waals surface area contributed by atoms with E-state index in [9.17, 15) is 13.2 Å². The van der Waals surface area contributed by atoms with Crippen LogP contribution in [0.25, 0.3) is 0 Å². The zero-order valence-electron chi connectivity index (χ0n) is 10.9. The third-order valence-electron chi connectivity index (χ3n) is 3.34. The van der Waals surface area contributed by atoms with Gasteiger partial charge in [0.2, 0.25) is 0 Å². The fourth-order valence-electron chi connectivity index (χ4n) is 2.34. The van der Waals surface area contributed by atoms with Crippen LogP contribution in [-0.4, -0.2) is 35.6 Å². The lowest BCUT2D eigenvalue weighted by Gasteiger charge is -2.32. The van der Waals surface area contributed by atoms with Crippen molar-refractivity contribution in [2.24, 2.45) is 0 Å². The molecule has 0 aliphatic carbocycles. The molecule has 0 radical (unpaired) electrons. The molecule has 1 fully saturated rings. The first-order valence-corrected chi connectivity index (χ1v) is 6.52. The molecule has 0 amide bonds. The van der Waals surface area contributed by atoms with Crippen LogP contribution >= 0.6 is 0 Å². The van der Waals surface area contributed by atoms with Gasteiger partial charge in [-0.15, -0.1) is 0 Å². The van der Waals surface area contributed by atoms with Gasteiger partial charge in [-0.1, -0.05) is 13.0 Å². The molecule has 2 rings (SSSR count). The molecule has 1 aromatic rings. The summed E-state index contributed by atoms with van der Waals surface area (Å²) in [5, 5.41) is 3.10. The normalized spacial score (nSPS) is 21.4. The van der Waals surface area contributed by atoms with Crippen LogP contribution in [0.2, 0.25) is 0 Å². The number of rotatable bonds is 3. The first-order valence-electron chi connectivity index (χ1n) is 6.52. The zero-order chi connectivity index (χ0) is 13.9. The monoisotopic (exact) mass is 273 g/mol. The van der Waals surface area contributed by atoms with E-state index >= 15 is 0 Å². The molecule has 0 spiro atoms. The van der Waals surface area contributed by atoms with Gasteiger partial charge in [-0.2, -0.15) is 13.2 Å². The number of nitrogens with zero attached hydrogens (tertiary/aromatic N) is 2. The average molecular weight is 273 g/mol. The molecule has 1 aliphatic rings. The van der Waals surface area contributed by atoms with Gasteiger partial charge >= 0.3 is 6.18 Å². The lowest BCUT2D eigenvalue weighted by Crippen LogP contribution is -2.42. The minimum atomic E-state index is -4.39. The third-order valence-corrected chi connectivity index (χ3v) is 3.34. The summed E-state index contributed by atoms with van der Waals surface area (Å²) < 4.78 is 37.7. The Morgan fingerprint density at radius 2 is 2.21 bits per heavy atom. The van der Waals surface area contributed by atoms with Crippen LogP contribution in [0.4, 0.5) is 19.0 Å². The Labute approximate surface area is 110 Å². The second kappa shape index (κ2) is 5.77. The first-order chi connectivity index (χ1) is 8.99. The van der Waals surface area contributed by atoms with Gasteiger partial charge in [-0.3, -0.25) is 0 Å². The zero-order valence-corrected chi connectivity index (χ0v) is 10.9. The Morgan fingerprint density at radius 1 is 1.42 bits per heavy atom. The fraction of sp³-hybridized carbons (Fsp3) is 0.615. The highest BCUT2D eigenvalue weighted by Gasteiger charge is 2.32. The number of hydrogen-bond acceptors (Lipinski definition) is 3. The van der Waals surface area contributed by atoms with Crippen molar-refractivity contribution in [3.05, 3.63) is 23.9 Å². The number of hydrogen-bond donors (Lipinski definition) is 1. The van der Waals surface area contributed by atoms with Crippen molar-refractivity contribution in [3.63, 3.8) is 0 Å². The summed E-state index contributed by atoms with van der Waals surface area (Å²) in [7, 11) is 0. The molecule has 106 valence electrons. The van der Waals surface area contributed by atoms with Crippen LogP contribution in [0.15, 0.2) is 18.2 Å². The maximum atomic E-state index is 12.6. The molecule has 19 heavy (non-hydrogen) atoms. The van der Waals surface area contributed by atoms with Crippen LogP contribution in [0.1, 0.15) is 25.5 Å². The highest BCUT2D eigenvalue weighted by molar-refractivity contribution is 5.37. The van der Waals surface area contributed by atoms with Gasteiger partial charge in [-0.25, -0.2) is 4.98 Å². The SMILES string of the molecule is CCN1CCCC(Nc2cccc(C(F)(F)F)n2)C1. The number of pyridine rings is 1. The van der Waals surface area contributed by atoms with Crippen molar-refractivity contribution in [3.8, 4) is 0 Å². The van der Waals surface area contributed by atoms with E-state index in [1.807, 2.05) is 0 Å². The maximum Gasteiger partial charge on any atom is 0.433 e. The Kier molecular flexibility index (Phi) is 4.29. The lowest BCUT2D eigenvalue weighted by atomic mass is 10.1. The summed E-state index contributed by atoms with van der Waals surface area (Å²) in [6, 6.07) is 4.13. The quantitative estimate of drug-likeness (QED) is 0.917. The Balaban J connectivity index is 2.03. The van der Waals surface area contributed by atoms with Crippen LogP contribution in [0.3, 0.4) is 0 Å². The molecule has 2 heterocycles. The Morgan fingerprint density at radius 3 is 2.89 bits per heavy atom. The second-order valence-corrected chi connectivity index (χ2v) is 4.78. The number of alkyl halides is 3. The van der Waals surface area contributed by atoms with Gasteiger partial charge in [0.05, 0.1) is 0 Å². The molecule has 1 aromatic heterocycles. The largest absolute Gasteiger partial charge is 0.433 e. The second-order valence-electron chi connectivity index (χ2n) is 4.78. The number of anilines is 1. The summed E-state index contributed by atoms with van der Waals surface area (Å²) in [6.45, 7) is 4.97. The Bertz CT molecular complexity index is 420. The minimum absolute atomic E-state index is 0.171. The van der Waals surface area contributed by atoms with Crippen molar-refractivity contribution in [2.75, 3.05) is 25.0 Å². The summed E-state index contributed by atoms with van der Waals surface area (Å²) in [5.74, 6) is 0.303. The first kappa shape index (κ1) is 14.1. The van der Waals surface area contributed by atoms with Gasteiger partial charge in [0.15, 0.2) is 0 Å². The maximum absolute atomic E-state index is 12.6. The van der Waals surface area contributed by atoms with E-state index in [0.717, 1.165) is 38.5 Å². The summed E-state index contributed by atoms with van der Waals surface area (Å²) in [5.41, 5.74) is -0.847. The van der Waals surface area contributed by atoms with Crippen molar-refractivity contribution in [1.82, 2.24) is 9.88 Å². The van der Waals surface area contributed by atoms with E-state index in [1.54, 1.807) is 6.07 Å². The topological polar surface area (TPSA) is 28.2 Å². The number of nitrogens with one attached hydrogen (secondary N) is 1. The molecule has 1 unspecified atom stereocenters. The fourth-order valence-corrected chi connectivity index (χ4v) is 2.34. The van der Waals surface area contributed by atoms with Crippen molar-refractivity contribution in [1.29, 1.82) is 0 Å². The number of likely N-dealkylation sites (N-methyl/N-ethyl adjacent to an activating group) is 1. The standard InChI is InChI=1S/C13H18F3N3/c1-2-19-8-4-5-10(9-19)17-12-7-3-6-11(18-12)13(14,15)16/h3,6-7,10H,2,4-5,8-9H2,1H3,(H,17,18). The average Bonchev–Trinajstić information content (AvgIpc) is 2.38. The smallest absolute Gasteiger partial charge is 0.366 e. The highest BCUT2D eigenvalue weighted by atomic mass is 19.4. The summed E-state index contributed by atoms with van der Waals surface area (Å²) in [6.07, 6.45) is -2.36. The molecule has 0 saturated carbocycles. The molecule has 1 aliphatic heterocycles. The van der Waals surface area contributed by atoms with E-state index < -0.39 is 11.9 Å². The van der Waals surface area contributed by atoms with Crippen LogP contribution in [-0.2, 0) is 6.18 Å². The summed E-state index contributed by atoms with van der Waals surface area (Å²) in [4.78, 5) is 5.92. The molecular weight excluding hydrogens is 255 g/mol. The molecule has 1 saturated heterocycles. The molecule has 1 atom stereocenters. The number of aromatic nitrogens is 1. The van der Waals surface area contributed by atoms with Gasteiger partial charge in [0.1, 0.15) is 11.5 Å². The van der Waals surface area contributed by atoms with Gasteiger partial charge < -0.3 is 10.2 Å². The van der Waals surface area contributed by atoms with Crippen LogP contribution < -0.4 is 5.32 Å². The third kappa shape index (κ3) is 3.83. The molecule has 6 heteroatoms.